The topological polar surface area (TPSA) is 62.0 Å². The molecule has 0 N–H and O–H groups in total. The van der Waals surface area contributed by atoms with Crippen molar-refractivity contribution in [1.82, 2.24) is 4.57 Å². The third kappa shape index (κ3) is 6.74. The summed E-state index contributed by atoms with van der Waals surface area (Å²) in [6.45, 7) is -9.00. The van der Waals surface area contributed by atoms with Crippen LogP contribution in [0.5, 0.6) is 17.2 Å². The molecule has 4 aromatic rings. The molecule has 2 heterocycles. The van der Waals surface area contributed by atoms with Gasteiger partial charge >= 0.3 is 19.8 Å². The first-order valence-electron chi connectivity index (χ1n) is 14.1. The first kappa shape index (κ1) is 31.2. The molecular weight excluding hydrogens is 634 g/mol. The SMILES string of the molecule is O=c1c(=Cc2ccccc2OC(F)F)sc2n1C(c1ccc(OC(F)F)cc1)C1=C(N=2)C(=Cc2ccc(OC(F)F)cc2)CCC1. The summed E-state index contributed by atoms with van der Waals surface area (Å²) < 4.78 is 92.4. The number of halogens is 6. The first-order chi connectivity index (χ1) is 22.2. The Kier molecular flexibility index (Phi) is 9.02. The van der Waals surface area contributed by atoms with Crippen molar-refractivity contribution in [2.75, 3.05) is 0 Å². The Labute approximate surface area is 261 Å². The van der Waals surface area contributed by atoms with Gasteiger partial charge in [0.1, 0.15) is 17.2 Å². The van der Waals surface area contributed by atoms with Crippen LogP contribution < -0.4 is 29.1 Å². The highest BCUT2D eigenvalue weighted by Crippen LogP contribution is 2.41. The Bertz CT molecular complexity index is 1970. The predicted octanol–water partition coefficient (Wildman–Crippen LogP) is 7.29. The lowest BCUT2D eigenvalue weighted by atomic mass is 9.84. The van der Waals surface area contributed by atoms with E-state index in [0.29, 0.717) is 28.9 Å². The van der Waals surface area contributed by atoms with Gasteiger partial charge in [-0.2, -0.15) is 26.3 Å². The molecule has 238 valence electrons. The van der Waals surface area contributed by atoms with E-state index in [1.165, 1.54) is 41.0 Å². The van der Waals surface area contributed by atoms with Gasteiger partial charge in [0, 0.05) is 5.56 Å². The number of para-hydroxylation sites is 1. The third-order valence-electron chi connectivity index (χ3n) is 7.42. The zero-order chi connectivity index (χ0) is 32.4. The highest BCUT2D eigenvalue weighted by Gasteiger charge is 2.32. The maximum absolute atomic E-state index is 14.0. The maximum Gasteiger partial charge on any atom is 0.387 e. The molecule has 2 aliphatic rings. The summed E-state index contributed by atoms with van der Waals surface area (Å²) in [4.78, 5) is 19.2. The average Bonchev–Trinajstić information content (AvgIpc) is 3.32. The Morgan fingerprint density at radius 1 is 0.783 bits per heavy atom. The fraction of sp³-hybridized carbons (Fsp3) is 0.212. The summed E-state index contributed by atoms with van der Waals surface area (Å²) >= 11 is 1.08. The standard InChI is InChI=1S/C33H24F6N2O4S/c34-30(35)43-22-12-8-18(9-13-22)16-21-5-3-6-24-27(21)40-33-41(28(24)19-10-14-23(15-11-19)44-31(36)37)29(42)26(46-33)17-20-4-1-2-7-25(20)45-32(38)39/h1-2,4,7-17,28,30-32H,3,5-6H2. The number of alkyl halides is 6. The van der Waals surface area contributed by atoms with Crippen molar-refractivity contribution in [3.63, 3.8) is 0 Å². The van der Waals surface area contributed by atoms with E-state index in [1.54, 1.807) is 42.5 Å². The fourth-order valence-electron chi connectivity index (χ4n) is 5.58. The molecular formula is C33H24F6N2O4S. The van der Waals surface area contributed by atoms with E-state index in [0.717, 1.165) is 34.5 Å². The number of rotatable bonds is 9. The minimum Gasteiger partial charge on any atom is -0.435 e. The Morgan fingerprint density at radius 2 is 1.41 bits per heavy atom. The van der Waals surface area contributed by atoms with Crippen molar-refractivity contribution in [2.24, 2.45) is 4.99 Å². The zero-order valence-electron chi connectivity index (χ0n) is 23.7. The van der Waals surface area contributed by atoms with E-state index in [9.17, 15) is 31.1 Å². The number of aromatic nitrogens is 1. The Hall–Kier alpha value is -4.78. The van der Waals surface area contributed by atoms with E-state index >= 15 is 0 Å². The Morgan fingerprint density at radius 3 is 2.07 bits per heavy atom. The van der Waals surface area contributed by atoms with E-state index in [1.807, 2.05) is 6.08 Å². The van der Waals surface area contributed by atoms with Crippen molar-refractivity contribution in [3.05, 3.63) is 126 Å². The Balaban J connectivity index is 1.50. The van der Waals surface area contributed by atoms with E-state index < -0.39 is 31.4 Å². The normalized spacial score (nSPS) is 17.4. The van der Waals surface area contributed by atoms with Crippen molar-refractivity contribution in [1.29, 1.82) is 0 Å². The number of thiazole rings is 1. The third-order valence-corrected chi connectivity index (χ3v) is 8.40. The molecule has 13 heteroatoms. The molecule has 1 unspecified atom stereocenters. The van der Waals surface area contributed by atoms with Gasteiger partial charge in [-0.1, -0.05) is 53.8 Å². The van der Waals surface area contributed by atoms with Crippen molar-refractivity contribution in [3.8, 4) is 17.2 Å². The molecule has 0 amide bonds. The van der Waals surface area contributed by atoms with Crippen LogP contribution in [0.1, 0.15) is 42.0 Å². The lowest BCUT2D eigenvalue weighted by molar-refractivity contribution is -0.0506. The molecule has 6 rings (SSSR count). The van der Waals surface area contributed by atoms with Gasteiger partial charge < -0.3 is 14.2 Å². The summed E-state index contributed by atoms with van der Waals surface area (Å²) in [5, 5.41) is 0. The van der Waals surface area contributed by atoms with Crippen LogP contribution in [0.15, 0.2) is 99.4 Å². The van der Waals surface area contributed by atoms with Crippen LogP contribution in [-0.2, 0) is 0 Å². The van der Waals surface area contributed by atoms with Crippen LogP contribution >= 0.6 is 11.3 Å². The fourth-order valence-corrected chi connectivity index (χ4v) is 6.57. The van der Waals surface area contributed by atoms with Crippen LogP contribution in [0.4, 0.5) is 26.3 Å². The van der Waals surface area contributed by atoms with Crippen LogP contribution in [0.25, 0.3) is 12.2 Å². The molecule has 3 aromatic carbocycles. The van der Waals surface area contributed by atoms with Gasteiger partial charge in [-0.3, -0.25) is 9.36 Å². The monoisotopic (exact) mass is 658 g/mol. The molecule has 6 nitrogen and oxygen atoms in total. The van der Waals surface area contributed by atoms with Gasteiger partial charge in [-0.25, -0.2) is 4.99 Å². The highest BCUT2D eigenvalue weighted by atomic mass is 32.1. The second kappa shape index (κ2) is 13.3. The molecule has 0 saturated heterocycles. The molecule has 0 radical (unpaired) electrons. The minimum absolute atomic E-state index is 0.0225. The number of hydrogen-bond donors (Lipinski definition) is 0. The minimum atomic E-state index is -3.06. The van der Waals surface area contributed by atoms with Crippen LogP contribution in [0.3, 0.4) is 0 Å². The second-order valence-electron chi connectivity index (χ2n) is 10.3. The summed E-state index contributed by atoms with van der Waals surface area (Å²) in [7, 11) is 0. The van der Waals surface area contributed by atoms with Gasteiger partial charge in [-0.05, 0) is 84.0 Å². The van der Waals surface area contributed by atoms with E-state index in [4.69, 9.17) is 4.99 Å². The van der Waals surface area contributed by atoms with Gasteiger partial charge in [0.25, 0.3) is 5.56 Å². The number of hydrogen-bond acceptors (Lipinski definition) is 6. The van der Waals surface area contributed by atoms with Crippen molar-refractivity contribution in [2.45, 2.75) is 45.1 Å². The molecule has 1 atom stereocenters. The summed E-state index contributed by atoms with van der Waals surface area (Å²) in [5.74, 6) is -0.113. The van der Waals surface area contributed by atoms with Crippen LogP contribution in [0, 0.1) is 0 Å². The largest absolute Gasteiger partial charge is 0.435 e. The van der Waals surface area contributed by atoms with Gasteiger partial charge in [0.2, 0.25) is 0 Å². The molecule has 1 aliphatic carbocycles. The molecule has 0 saturated carbocycles. The zero-order valence-corrected chi connectivity index (χ0v) is 24.5. The second-order valence-corrected chi connectivity index (χ2v) is 11.3. The maximum atomic E-state index is 14.0. The van der Waals surface area contributed by atoms with E-state index in [-0.39, 0.29) is 27.3 Å². The average molecular weight is 659 g/mol. The first-order valence-corrected chi connectivity index (χ1v) is 14.9. The summed E-state index contributed by atoms with van der Waals surface area (Å²) in [5.41, 5.74) is 3.58. The predicted molar refractivity (Wildman–Crippen MR) is 159 cm³/mol. The van der Waals surface area contributed by atoms with Gasteiger partial charge in [0.05, 0.1) is 16.3 Å². The van der Waals surface area contributed by atoms with Crippen LogP contribution in [-0.4, -0.2) is 24.4 Å². The lowest BCUT2D eigenvalue weighted by Crippen LogP contribution is -2.39. The number of fused-ring (bicyclic) bond motifs is 1. The number of nitrogens with zero attached hydrogens (tertiary/aromatic N) is 2. The molecule has 1 aliphatic heterocycles. The molecule has 0 spiro atoms. The molecule has 46 heavy (non-hydrogen) atoms. The summed E-state index contributed by atoms with van der Waals surface area (Å²) in [6, 6.07) is 17.7. The molecule has 1 aromatic heterocycles. The number of benzene rings is 3. The quantitative estimate of drug-likeness (QED) is 0.177. The van der Waals surface area contributed by atoms with E-state index in [2.05, 4.69) is 14.2 Å². The van der Waals surface area contributed by atoms with Crippen LogP contribution in [0.2, 0.25) is 0 Å². The van der Waals surface area contributed by atoms with Gasteiger partial charge in [-0.15, -0.1) is 0 Å². The smallest absolute Gasteiger partial charge is 0.387 e. The summed E-state index contributed by atoms with van der Waals surface area (Å²) in [6.07, 6.45) is 5.33. The number of ether oxygens (including phenoxy) is 3. The van der Waals surface area contributed by atoms with Crippen molar-refractivity contribution < 1.29 is 40.6 Å². The highest BCUT2D eigenvalue weighted by molar-refractivity contribution is 7.07. The number of allylic oxidation sites excluding steroid dienone is 2. The van der Waals surface area contributed by atoms with Gasteiger partial charge in [0.15, 0.2) is 4.80 Å². The molecule has 0 bridgehead atoms. The van der Waals surface area contributed by atoms with Crippen molar-refractivity contribution >= 4 is 23.5 Å². The molecule has 0 fully saturated rings. The lowest BCUT2D eigenvalue weighted by Gasteiger charge is -2.31.